The minimum absolute atomic E-state index is 0.0379. The average molecular weight is 381 g/mol. The van der Waals surface area contributed by atoms with Crippen LogP contribution in [0.3, 0.4) is 0 Å². The second-order valence-corrected chi connectivity index (χ2v) is 7.05. The maximum atomic E-state index is 12.6. The van der Waals surface area contributed by atoms with E-state index in [1.807, 2.05) is 13.8 Å². The van der Waals surface area contributed by atoms with E-state index in [1.54, 1.807) is 6.92 Å². The van der Waals surface area contributed by atoms with Gasteiger partial charge in [0.2, 0.25) is 0 Å². The summed E-state index contributed by atoms with van der Waals surface area (Å²) < 4.78 is 7.27. The Morgan fingerprint density at radius 1 is 1.24 bits per heavy atom. The highest BCUT2D eigenvalue weighted by molar-refractivity contribution is 6.34. The van der Waals surface area contributed by atoms with Crippen LogP contribution in [-0.4, -0.2) is 15.1 Å². The molecule has 0 fully saturated rings. The molecule has 0 aliphatic carbocycles. The highest BCUT2D eigenvalue weighted by Gasteiger charge is 2.34. The van der Waals surface area contributed by atoms with Gasteiger partial charge in [0.05, 0.1) is 15.6 Å². The van der Waals surface area contributed by atoms with E-state index in [0.717, 1.165) is 5.57 Å². The molecule has 1 aromatic carbocycles. The number of ether oxygens (including phenoxy) is 1. The molecule has 0 saturated carbocycles. The monoisotopic (exact) mass is 380 g/mol. The first-order valence-electron chi connectivity index (χ1n) is 7.39. The molecule has 8 heteroatoms. The van der Waals surface area contributed by atoms with Crippen LogP contribution in [-0.2, 0) is 0 Å². The molecule has 0 radical (unpaired) electrons. The van der Waals surface area contributed by atoms with Gasteiger partial charge in [-0.3, -0.25) is 19.5 Å². The lowest BCUT2D eigenvalue weighted by Crippen LogP contribution is -2.36. The minimum Gasteiger partial charge on any atom is -0.483 e. The number of aromatic nitrogens is 1. The zero-order chi connectivity index (χ0) is 18.5. The molecule has 3 rings (SSSR count). The summed E-state index contributed by atoms with van der Waals surface area (Å²) in [6.45, 7) is 5.51. The van der Waals surface area contributed by atoms with Gasteiger partial charge in [-0.1, -0.05) is 23.2 Å². The normalized spacial score (nSPS) is 15.6. The lowest BCUT2D eigenvalue weighted by Gasteiger charge is -2.35. The number of non-ortho nitro benzene ring substituents is 1. The number of pyridine rings is 1. The quantitative estimate of drug-likeness (QED) is 0.567. The summed E-state index contributed by atoms with van der Waals surface area (Å²) in [5, 5.41) is 11.4. The van der Waals surface area contributed by atoms with Gasteiger partial charge in [0.1, 0.15) is 16.4 Å². The summed E-state index contributed by atoms with van der Waals surface area (Å²) >= 11 is 12.0. The maximum Gasteiger partial charge on any atom is 0.273 e. The first kappa shape index (κ1) is 17.5. The number of fused-ring (bicyclic) bond motifs is 1. The Labute approximate surface area is 153 Å². The third kappa shape index (κ3) is 2.92. The van der Waals surface area contributed by atoms with E-state index < -0.39 is 16.1 Å². The zero-order valence-corrected chi connectivity index (χ0v) is 15.2. The smallest absolute Gasteiger partial charge is 0.273 e. The van der Waals surface area contributed by atoms with Gasteiger partial charge in [-0.2, -0.15) is 0 Å². The topological polar surface area (TPSA) is 74.4 Å². The summed E-state index contributed by atoms with van der Waals surface area (Å²) in [5.74, 6) is 0.444. The first-order valence-corrected chi connectivity index (χ1v) is 8.14. The van der Waals surface area contributed by atoms with Gasteiger partial charge < -0.3 is 4.74 Å². The van der Waals surface area contributed by atoms with Crippen molar-refractivity contribution in [1.29, 1.82) is 0 Å². The molecule has 0 spiro atoms. The fourth-order valence-electron chi connectivity index (χ4n) is 2.74. The van der Waals surface area contributed by atoms with Crippen LogP contribution in [0, 0.1) is 10.1 Å². The van der Waals surface area contributed by atoms with E-state index in [0.29, 0.717) is 17.0 Å². The van der Waals surface area contributed by atoms with E-state index in [4.69, 9.17) is 27.9 Å². The predicted molar refractivity (Wildman–Crippen MR) is 96.5 cm³/mol. The van der Waals surface area contributed by atoms with Gasteiger partial charge in [-0.25, -0.2) is 0 Å². The fourth-order valence-corrected chi connectivity index (χ4v) is 3.21. The summed E-state index contributed by atoms with van der Waals surface area (Å²) in [7, 11) is 0. The van der Waals surface area contributed by atoms with Gasteiger partial charge >= 0.3 is 0 Å². The molecular formula is C17H14Cl2N2O4. The lowest BCUT2D eigenvalue weighted by molar-refractivity contribution is -0.384. The van der Waals surface area contributed by atoms with Crippen molar-refractivity contribution < 1.29 is 9.66 Å². The van der Waals surface area contributed by atoms with Crippen LogP contribution in [0.25, 0.3) is 5.70 Å². The number of hydrogen-bond acceptors (Lipinski definition) is 4. The first-order chi connectivity index (χ1) is 11.6. The molecule has 6 nitrogen and oxygen atoms in total. The Bertz CT molecular complexity index is 993. The number of nitrogens with zero attached hydrogens (tertiary/aromatic N) is 2. The van der Waals surface area contributed by atoms with Gasteiger partial charge in [0.15, 0.2) is 0 Å². The van der Waals surface area contributed by atoms with E-state index in [2.05, 4.69) is 0 Å². The summed E-state index contributed by atoms with van der Waals surface area (Å²) in [4.78, 5) is 23.2. The van der Waals surface area contributed by atoms with Crippen LogP contribution in [0.4, 0.5) is 5.69 Å². The van der Waals surface area contributed by atoms with Gasteiger partial charge in [-0.05, 0) is 38.5 Å². The molecule has 0 bridgehead atoms. The van der Waals surface area contributed by atoms with Crippen molar-refractivity contribution in [2.75, 3.05) is 0 Å². The molecule has 0 atom stereocenters. The van der Waals surface area contributed by atoms with Crippen molar-refractivity contribution in [3.63, 3.8) is 0 Å². The Hall–Kier alpha value is -2.31. The number of nitro benzene ring substituents is 1. The van der Waals surface area contributed by atoms with Gasteiger partial charge in [0, 0.05) is 23.9 Å². The number of nitro groups is 1. The molecule has 0 amide bonds. The molecule has 1 aliphatic heterocycles. The highest BCUT2D eigenvalue weighted by Crippen LogP contribution is 2.42. The molecule has 0 saturated heterocycles. The molecule has 1 aromatic heterocycles. The van der Waals surface area contributed by atoms with Crippen molar-refractivity contribution in [1.82, 2.24) is 4.57 Å². The van der Waals surface area contributed by atoms with Crippen LogP contribution in [0.5, 0.6) is 5.75 Å². The average Bonchev–Trinajstić information content (AvgIpc) is 2.52. The van der Waals surface area contributed by atoms with Crippen LogP contribution < -0.4 is 10.3 Å². The molecule has 0 N–H and O–H groups in total. The van der Waals surface area contributed by atoms with Crippen LogP contribution in [0.15, 0.2) is 40.8 Å². The standard InChI is InChI=1S/C17H14Cl2N2O4/c1-9-15(20-8-10(18)6-13(19)16(20)22)12-7-11(21(23)24)4-5-14(12)25-17(9,2)3/h4-8H,1-3H3. The molecule has 0 unspecified atom stereocenters. The third-order valence-electron chi connectivity index (χ3n) is 4.23. The molecular weight excluding hydrogens is 367 g/mol. The molecule has 2 aromatic rings. The SMILES string of the molecule is CC1=C(n2cc(Cl)cc(Cl)c2=O)c2cc([N+](=O)[O-])ccc2OC1(C)C. The van der Waals surface area contributed by atoms with Crippen LogP contribution in [0.1, 0.15) is 26.3 Å². The second kappa shape index (κ2) is 5.89. The summed E-state index contributed by atoms with van der Waals surface area (Å²) in [6.07, 6.45) is 1.44. The molecule has 130 valence electrons. The van der Waals surface area contributed by atoms with Crippen molar-refractivity contribution in [2.45, 2.75) is 26.4 Å². The number of benzene rings is 1. The van der Waals surface area contributed by atoms with Crippen LogP contribution in [0.2, 0.25) is 10.0 Å². The predicted octanol–water partition coefficient (Wildman–Crippen LogP) is 4.51. The fraction of sp³-hybridized carbons (Fsp3) is 0.235. The van der Waals surface area contributed by atoms with Crippen molar-refractivity contribution in [3.05, 3.63) is 72.1 Å². The lowest BCUT2D eigenvalue weighted by atomic mass is 9.90. The summed E-state index contributed by atoms with van der Waals surface area (Å²) in [5.41, 5.74) is 0.355. The van der Waals surface area contributed by atoms with Crippen molar-refractivity contribution in [3.8, 4) is 5.75 Å². The number of rotatable bonds is 2. The second-order valence-electron chi connectivity index (χ2n) is 6.20. The highest BCUT2D eigenvalue weighted by atomic mass is 35.5. The third-order valence-corrected chi connectivity index (χ3v) is 4.71. The largest absolute Gasteiger partial charge is 0.483 e. The van der Waals surface area contributed by atoms with E-state index in [1.165, 1.54) is 35.0 Å². The van der Waals surface area contributed by atoms with Gasteiger partial charge in [0.25, 0.3) is 11.2 Å². The number of hydrogen-bond donors (Lipinski definition) is 0. The Morgan fingerprint density at radius 3 is 2.56 bits per heavy atom. The Morgan fingerprint density at radius 2 is 1.92 bits per heavy atom. The van der Waals surface area contributed by atoms with E-state index in [9.17, 15) is 14.9 Å². The van der Waals surface area contributed by atoms with E-state index >= 15 is 0 Å². The van der Waals surface area contributed by atoms with E-state index in [-0.39, 0.29) is 15.7 Å². The van der Waals surface area contributed by atoms with Crippen molar-refractivity contribution in [2.24, 2.45) is 0 Å². The maximum absolute atomic E-state index is 12.6. The van der Waals surface area contributed by atoms with Crippen LogP contribution >= 0.6 is 23.2 Å². The van der Waals surface area contributed by atoms with Crippen molar-refractivity contribution >= 4 is 34.6 Å². The van der Waals surface area contributed by atoms with Gasteiger partial charge in [-0.15, -0.1) is 0 Å². The zero-order valence-electron chi connectivity index (χ0n) is 13.7. The molecule has 1 aliphatic rings. The Kier molecular flexibility index (Phi) is 4.13. The molecule has 2 heterocycles. The number of halogens is 2. The minimum atomic E-state index is -0.716. The summed E-state index contributed by atoms with van der Waals surface area (Å²) in [6, 6.07) is 5.63. The molecule has 25 heavy (non-hydrogen) atoms. The Balaban J connectivity index is 2.40.